The molecule has 1 unspecified atom stereocenters. The number of aliphatic imine (C=N–C) groups is 2. The van der Waals surface area contributed by atoms with Gasteiger partial charge in [-0.3, -0.25) is 9.89 Å². The van der Waals surface area contributed by atoms with E-state index in [9.17, 15) is 0 Å². The molecule has 5 nitrogen and oxygen atoms in total. The largest absolute Gasteiger partial charge is 0.493 e. The molecule has 0 aliphatic carbocycles. The lowest BCUT2D eigenvalue weighted by Gasteiger charge is -2.38. The van der Waals surface area contributed by atoms with Gasteiger partial charge in [-0.2, -0.15) is 0 Å². The van der Waals surface area contributed by atoms with Crippen LogP contribution in [0.4, 0.5) is 0 Å². The number of piperazine rings is 1. The van der Waals surface area contributed by atoms with Crippen molar-refractivity contribution in [3.05, 3.63) is 29.3 Å². The van der Waals surface area contributed by atoms with E-state index in [1.165, 1.54) is 11.1 Å². The van der Waals surface area contributed by atoms with Crippen LogP contribution in [0.5, 0.6) is 5.75 Å². The summed E-state index contributed by atoms with van der Waals surface area (Å²) in [5, 5.41) is 0. The van der Waals surface area contributed by atoms with Crippen molar-refractivity contribution >= 4 is 12.7 Å². The molecule has 22 heavy (non-hydrogen) atoms. The van der Waals surface area contributed by atoms with E-state index in [2.05, 4.69) is 51.6 Å². The van der Waals surface area contributed by atoms with Crippen molar-refractivity contribution in [1.82, 2.24) is 9.80 Å². The lowest BCUT2D eigenvalue weighted by atomic mass is 10.0. The Morgan fingerprint density at radius 1 is 1.27 bits per heavy atom. The Hall–Kier alpha value is -1.88. The molecular weight excluding hydrogens is 276 g/mol. The summed E-state index contributed by atoms with van der Waals surface area (Å²) in [5.74, 6) is 1.82. The summed E-state index contributed by atoms with van der Waals surface area (Å²) in [6.07, 6.45) is 1.04. The molecule has 3 rings (SSSR count). The monoisotopic (exact) mass is 300 g/mol. The molecule has 0 aromatic heterocycles. The van der Waals surface area contributed by atoms with E-state index in [0.717, 1.165) is 50.9 Å². The maximum absolute atomic E-state index is 5.69. The van der Waals surface area contributed by atoms with Crippen LogP contribution in [0.25, 0.3) is 0 Å². The second kappa shape index (κ2) is 6.48. The molecule has 0 saturated carbocycles. The zero-order valence-electron chi connectivity index (χ0n) is 13.5. The molecule has 1 aromatic rings. The van der Waals surface area contributed by atoms with E-state index in [-0.39, 0.29) is 0 Å². The minimum absolute atomic E-state index is 0.398. The van der Waals surface area contributed by atoms with E-state index in [4.69, 9.17) is 4.74 Å². The lowest BCUT2D eigenvalue weighted by molar-refractivity contribution is 0.140. The third-order valence-electron chi connectivity index (χ3n) is 4.69. The first-order chi connectivity index (χ1) is 10.7. The second-order valence-corrected chi connectivity index (χ2v) is 5.85. The Morgan fingerprint density at radius 2 is 2.05 bits per heavy atom. The highest BCUT2D eigenvalue weighted by molar-refractivity contribution is 5.84. The molecule has 2 aliphatic rings. The van der Waals surface area contributed by atoms with Crippen LogP contribution in [0.15, 0.2) is 28.2 Å². The fourth-order valence-electron chi connectivity index (χ4n) is 3.28. The summed E-state index contributed by atoms with van der Waals surface area (Å²) in [6, 6.07) is 7.07. The first kappa shape index (κ1) is 15.0. The Kier molecular flexibility index (Phi) is 4.43. The third-order valence-corrected chi connectivity index (χ3v) is 4.69. The van der Waals surface area contributed by atoms with Gasteiger partial charge in [0.15, 0.2) is 0 Å². The van der Waals surface area contributed by atoms with Gasteiger partial charge in [0.25, 0.3) is 0 Å². The minimum Gasteiger partial charge on any atom is -0.493 e. The summed E-state index contributed by atoms with van der Waals surface area (Å²) < 4.78 is 5.69. The van der Waals surface area contributed by atoms with Gasteiger partial charge >= 0.3 is 0 Å². The summed E-state index contributed by atoms with van der Waals surface area (Å²) in [7, 11) is 1.77. The highest BCUT2D eigenvalue weighted by Crippen LogP contribution is 2.30. The van der Waals surface area contributed by atoms with E-state index in [0.29, 0.717) is 6.04 Å². The minimum atomic E-state index is 0.398. The van der Waals surface area contributed by atoms with Crippen molar-refractivity contribution in [2.45, 2.75) is 19.4 Å². The predicted molar refractivity (Wildman–Crippen MR) is 90.1 cm³/mol. The maximum Gasteiger partial charge on any atom is 0.219 e. The molecule has 0 spiro atoms. The Bertz CT molecular complexity index is 576. The quantitative estimate of drug-likeness (QED) is 0.619. The normalized spacial score (nSPS) is 20.5. The maximum atomic E-state index is 5.69. The van der Waals surface area contributed by atoms with Gasteiger partial charge in [-0.15, -0.1) is 0 Å². The van der Waals surface area contributed by atoms with E-state index in [1.807, 2.05) is 0 Å². The number of guanidine groups is 1. The van der Waals surface area contributed by atoms with Crippen LogP contribution in [0, 0.1) is 0 Å². The van der Waals surface area contributed by atoms with Gasteiger partial charge in [0.05, 0.1) is 6.61 Å². The van der Waals surface area contributed by atoms with Gasteiger partial charge in [-0.1, -0.05) is 12.1 Å². The molecule has 0 amide bonds. The summed E-state index contributed by atoms with van der Waals surface area (Å²) in [6.45, 7) is 10.6. The predicted octanol–water partition coefficient (Wildman–Crippen LogP) is 1.99. The first-order valence-corrected chi connectivity index (χ1v) is 7.91. The van der Waals surface area contributed by atoms with Crippen LogP contribution in [0.3, 0.4) is 0 Å². The molecule has 2 aliphatic heterocycles. The topological polar surface area (TPSA) is 40.4 Å². The lowest BCUT2D eigenvalue weighted by Crippen LogP contribution is -2.48. The molecule has 1 aromatic carbocycles. The number of ether oxygens (including phenoxy) is 1. The zero-order valence-corrected chi connectivity index (χ0v) is 13.5. The van der Waals surface area contributed by atoms with Crippen LogP contribution in [-0.2, 0) is 6.42 Å². The molecule has 1 atom stereocenters. The molecule has 2 heterocycles. The van der Waals surface area contributed by atoms with Gasteiger partial charge < -0.3 is 9.64 Å². The van der Waals surface area contributed by atoms with Crippen molar-refractivity contribution in [3.8, 4) is 5.75 Å². The summed E-state index contributed by atoms with van der Waals surface area (Å²) in [4.78, 5) is 12.9. The number of benzene rings is 1. The van der Waals surface area contributed by atoms with Gasteiger partial charge in [-0.05, 0) is 30.8 Å². The smallest absolute Gasteiger partial charge is 0.219 e. The highest BCUT2D eigenvalue weighted by atomic mass is 16.5. The zero-order chi connectivity index (χ0) is 15.5. The van der Waals surface area contributed by atoms with Gasteiger partial charge in [0.1, 0.15) is 5.75 Å². The van der Waals surface area contributed by atoms with E-state index in [1.54, 1.807) is 7.05 Å². The molecule has 5 heteroatoms. The molecule has 0 N–H and O–H groups in total. The average Bonchev–Trinajstić information content (AvgIpc) is 3.03. The molecular formula is C17H24N4O. The van der Waals surface area contributed by atoms with Gasteiger partial charge in [0, 0.05) is 45.7 Å². The second-order valence-electron chi connectivity index (χ2n) is 5.85. The van der Waals surface area contributed by atoms with Crippen molar-refractivity contribution in [2.24, 2.45) is 9.98 Å². The molecule has 118 valence electrons. The molecule has 0 bridgehead atoms. The Morgan fingerprint density at radius 3 is 2.73 bits per heavy atom. The van der Waals surface area contributed by atoms with Crippen molar-refractivity contribution in [2.75, 3.05) is 39.8 Å². The average molecular weight is 300 g/mol. The number of rotatable bonds is 2. The number of fused-ring (bicyclic) bond motifs is 1. The van der Waals surface area contributed by atoms with Crippen molar-refractivity contribution < 1.29 is 4.74 Å². The van der Waals surface area contributed by atoms with Crippen LogP contribution in [-0.4, -0.2) is 62.3 Å². The number of hydrogen-bond donors (Lipinski definition) is 0. The highest BCUT2D eigenvalue weighted by Gasteiger charge is 2.24. The third kappa shape index (κ3) is 2.86. The Balaban J connectivity index is 1.65. The van der Waals surface area contributed by atoms with Crippen LogP contribution in [0.2, 0.25) is 0 Å². The van der Waals surface area contributed by atoms with Gasteiger partial charge in [0.2, 0.25) is 5.96 Å². The standard InChI is InChI=1S/C17H24N4O/c1-13(15-5-4-14-6-11-22-16(14)12-15)20-7-9-21(10-8-20)17(18-2)19-3/h4-5,12-13H,2,6-11H2,1,3H3/b19-17+. The van der Waals surface area contributed by atoms with Crippen LogP contribution < -0.4 is 4.74 Å². The molecule has 1 fully saturated rings. The van der Waals surface area contributed by atoms with Crippen molar-refractivity contribution in [1.29, 1.82) is 0 Å². The number of nitrogens with zero attached hydrogens (tertiary/aromatic N) is 4. The molecule has 1 saturated heterocycles. The van der Waals surface area contributed by atoms with E-state index >= 15 is 0 Å². The molecule has 0 radical (unpaired) electrons. The van der Waals surface area contributed by atoms with Crippen LogP contribution in [0.1, 0.15) is 24.1 Å². The summed E-state index contributed by atoms with van der Waals surface area (Å²) in [5.41, 5.74) is 2.67. The SMILES string of the molecule is C=N/C(=N\C)N1CCN(C(C)c2ccc3c(c2)OCC3)CC1. The van der Waals surface area contributed by atoms with Gasteiger partial charge in [-0.25, -0.2) is 4.99 Å². The van der Waals surface area contributed by atoms with E-state index < -0.39 is 0 Å². The van der Waals surface area contributed by atoms with Crippen LogP contribution >= 0.6 is 0 Å². The number of hydrogen-bond acceptors (Lipinski definition) is 3. The Labute approximate surface area is 132 Å². The summed E-state index contributed by atoms with van der Waals surface area (Å²) >= 11 is 0. The fraction of sp³-hybridized carbons (Fsp3) is 0.529. The fourth-order valence-corrected chi connectivity index (χ4v) is 3.28. The van der Waals surface area contributed by atoms with Crippen molar-refractivity contribution in [3.63, 3.8) is 0 Å². The first-order valence-electron chi connectivity index (χ1n) is 7.91.